The van der Waals surface area contributed by atoms with Gasteiger partial charge in [-0.15, -0.1) is 11.3 Å². The summed E-state index contributed by atoms with van der Waals surface area (Å²) in [4.78, 5) is 4.54. The first-order valence-corrected chi connectivity index (χ1v) is 8.55. The van der Waals surface area contributed by atoms with Gasteiger partial charge in [0.25, 0.3) is 0 Å². The number of sulfone groups is 1. The van der Waals surface area contributed by atoms with Gasteiger partial charge >= 0.3 is 0 Å². The van der Waals surface area contributed by atoms with E-state index >= 15 is 0 Å². The van der Waals surface area contributed by atoms with Crippen LogP contribution >= 0.6 is 11.3 Å². The van der Waals surface area contributed by atoms with Crippen LogP contribution < -0.4 is 5.73 Å². The molecule has 0 aromatic carbocycles. The standard InChI is InChI=1S/C11H18N2O2S2/c1-8(5-12)10-6-16-11(13-10)4-9-2-3-17(14,15)7-9/h6,8-9H,2-5,7,12H2,1H3. The fourth-order valence-corrected chi connectivity index (χ4v) is 4.94. The summed E-state index contributed by atoms with van der Waals surface area (Å²) < 4.78 is 22.7. The largest absolute Gasteiger partial charge is 0.330 e. The summed E-state index contributed by atoms with van der Waals surface area (Å²) in [5, 5.41) is 3.08. The molecule has 2 rings (SSSR count). The highest BCUT2D eigenvalue weighted by Gasteiger charge is 2.28. The van der Waals surface area contributed by atoms with Gasteiger partial charge in [0, 0.05) is 24.3 Å². The lowest BCUT2D eigenvalue weighted by Crippen LogP contribution is -2.10. The summed E-state index contributed by atoms with van der Waals surface area (Å²) in [6.45, 7) is 2.65. The lowest BCUT2D eigenvalue weighted by molar-refractivity contribution is 0.580. The molecule has 1 aromatic rings. The Kier molecular flexibility index (Phi) is 3.85. The maximum Gasteiger partial charge on any atom is 0.150 e. The Hall–Kier alpha value is -0.460. The summed E-state index contributed by atoms with van der Waals surface area (Å²) in [6.07, 6.45) is 1.57. The van der Waals surface area contributed by atoms with Crippen LogP contribution in [0.4, 0.5) is 0 Å². The van der Waals surface area contributed by atoms with E-state index in [4.69, 9.17) is 5.73 Å². The molecule has 6 heteroatoms. The highest BCUT2D eigenvalue weighted by Crippen LogP contribution is 2.25. The Bertz CT molecular complexity index is 481. The van der Waals surface area contributed by atoms with Crippen molar-refractivity contribution in [3.05, 3.63) is 16.1 Å². The molecule has 4 nitrogen and oxygen atoms in total. The van der Waals surface area contributed by atoms with Gasteiger partial charge in [0.2, 0.25) is 0 Å². The first-order valence-electron chi connectivity index (χ1n) is 5.85. The van der Waals surface area contributed by atoms with Crippen molar-refractivity contribution < 1.29 is 8.42 Å². The van der Waals surface area contributed by atoms with E-state index in [2.05, 4.69) is 11.9 Å². The average molecular weight is 274 g/mol. The average Bonchev–Trinajstić information content (AvgIpc) is 2.85. The van der Waals surface area contributed by atoms with Crippen LogP contribution in [-0.2, 0) is 16.3 Å². The number of nitrogens with zero attached hydrogens (tertiary/aromatic N) is 1. The first-order chi connectivity index (χ1) is 8.00. The first kappa shape index (κ1) is 13.0. The molecule has 0 aliphatic carbocycles. The second-order valence-corrected chi connectivity index (χ2v) is 7.95. The van der Waals surface area contributed by atoms with Crippen molar-refractivity contribution in [2.75, 3.05) is 18.1 Å². The third-order valence-corrected chi connectivity index (χ3v) is 5.94. The Balaban J connectivity index is 1.98. The molecular weight excluding hydrogens is 256 g/mol. The number of hydrogen-bond donors (Lipinski definition) is 1. The number of nitrogens with two attached hydrogens (primary N) is 1. The van der Waals surface area contributed by atoms with E-state index in [1.54, 1.807) is 11.3 Å². The summed E-state index contributed by atoms with van der Waals surface area (Å²) >= 11 is 1.62. The molecule has 17 heavy (non-hydrogen) atoms. The molecule has 0 saturated carbocycles. The number of thiazole rings is 1. The molecule has 1 aliphatic heterocycles. The van der Waals surface area contributed by atoms with Gasteiger partial charge in [-0.2, -0.15) is 0 Å². The molecule has 1 aliphatic rings. The fraction of sp³-hybridized carbons (Fsp3) is 0.727. The zero-order chi connectivity index (χ0) is 12.5. The Labute approximate surface area is 106 Å². The van der Waals surface area contributed by atoms with E-state index in [1.807, 2.05) is 5.38 Å². The highest BCUT2D eigenvalue weighted by molar-refractivity contribution is 7.91. The summed E-state index contributed by atoms with van der Waals surface area (Å²) in [6, 6.07) is 0. The fourth-order valence-electron chi connectivity index (χ4n) is 2.05. The SMILES string of the molecule is CC(CN)c1csc(CC2CCS(=O)(=O)C2)n1. The Morgan fingerprint density at radius 3 is 3.00 bits per heavy atom. The molecule has 1 saturated heterocycles. The summed E-state index contributed by atoms with van der Waals surface area (Å²) in [7, 11) is -2.77. The van der Waals surface area contributed by atoms with Gasteiger partial charge < -0.3 is 5.73 Å². The number of aromatic nitrogens is 1. The van der Waals surface area contributed by atoms with E-state index in [0.29, 0.717) is 18.1 Å². The maximum atomic E-state index is 11.4. The third-order valence-electron chi connectivity index (χ3n) is 3.22. The maximum absolute atomic E-state index is 11.4. The second kappa shape index (κ2) is 5.04. The predicted octanol–water partition coefficient (Wildman–Crippen LogP) is 1.18. The molecule has 0 spiro atoms. The predicted molar refractivity (Wildman–Crippen MR) is 70.0 cm³/mol. The molecule has 0 radical (unpaired) electrons. The minimum Gasteiger partial charge on any atom is -0.330 e. The third kappa shape index (κ3) is 3.26. The second-order valence-electron chi connectivity index (χ2n) is 4.78. The normalized spacial score (nSPS) is 24.9. The number of hydrogen-bond acceptors (Lipinski definition) is 5. The van der Waals surface area contributed by atoms with Crippen LogP contribution in [-0.4, -0.2) is 31.5 Å². The van der Waals surface area contributed by atoms with Crippen molar-refractivity contribution in [2.45, 2.75) is 25.7 Å². The van der Waals surface area contributed by atoms with Gasteiger partial charge in [-0.1, -0.05) is 6.92 Å². The van der Waals surface area contributed by atoms with Gasteiger partial charge in [0.1, 0.15) is 0 Å². The molecule has 2 N–H and O–H groups in total. The molecule has 2 heterocycles. The van der Waals surface area contributed by atoms with Crippen LogP contribution in [0, 0.1) is 5.92 Å². The van der Waals surface area contributed by atoms with Gasteiger partial charge in [-0.05, 0) is 12.3 Å². The van der Waals surface area contributed by atoms with Gasteiger partial charge in [0.05, 0.1) is 22.2 Å². The molecule has 0 bridgehead atoms. The highest BCUT2D eigenvalue weighted by atomic mass is 32.2. The molecule has 2 unspecified atom stereocenters. The zero-order valence-electron chi connectivity index (χ0n) is 9.93. The monoisotopic (exact) mass is 274 g/mol. The van der Waals surface area contributed by atoms with Crippen LogP contribution in [0.1, 0.15) is 30.0 Å². The molecule has 1 fully saturated rings. The van der Waals surface area contributed by atoms with Gasteiger partial charge in [-0.3, -0.25) is 0 Å². The van der Waals surface area contributed by atoms with E-state index in [1.165, 1.54) is 0 Å². The van der Waals surface area contributed by atoms with Crippen LogP contribution in [0.25, 0.3) is 0 Å². The molecule has 1 aromatic heterocycles. The van der Waals surface area contributed by atoms with Crippen LogP contribution in [0.5, 0.6) is 0 Å². The van der Waals surface area contributed by atoms with Gasteiger partial charge in [0.15, 0.2) is 9.84 Å². The van der Waals surface area contributed by atoms with E-state index < -0.39 is 9.84 Å². The van der Waals surface area contributed by atoms with Crippen molar-refractivity contribution in [3.8, 4) is 0 Å². The van der Waals surface area contributed by atoms with Crippen molar-refractivity contribution >= 4 is 21.2 Å². The lowest BCUT2D eigenvalue weighted by Gasteiger charge is -2.05. The topological polar surface area (TPSA) is 73.1 Å². The van der Waals surface area contributed by atoms with Crippen LogP contribution in [0.3, 0.4) is 0 Å². The number of rotatable bonds is 4. The van der Waals surface area contributed by atoms with E-state index in [0.717, 1.165) is 23.5 Å². The van der Waals surface area contributed by atoms with Crippen molar-refractivity contribution in [1.82, 2.24) is 4.98 Å². The Morgan fingerprint density at radius 2 is 2.41 bits per heavy atom. The lowest BCUT2D eigenvalue weighted by atomic mass is 10.1. The van der Waals surface area contributed by atoms with Crippen molar-refractivity contribution in [2.24, 2.45) is 11.7 Å². The molecule has 2 atom stereocenters. The summed E-state index contributed by atoms with van der Waals surface area (Å²) in [5.41, 5.74) is 6.63. The van der Waals surface area contributed by atoms with E-state index in [9.17, 15) is 8.42 Å². The zero-order valence-corrected chi connectivity index (χ0v) is 11.6. The van der Waals surface area contributed by atoms with Gasteiger partial charge in [-0.25, -0.2) is 13.4 Å². The van der Waals surface area contributed by atoms with Crippen molar-refractivity contribution in [1.29, 1.82) is 0 Å². The quantitative estimate of drug-likeness (QED) is 0.895. The Morgan fingerprint density at radius 1 is 1.65 bits per heavy atom. The molecule has 0 amide bonds. The minimum atomic E-state index is -2.77. The summed E-state index contributed by atoms with van der Waals surface area (Å²) in [5.74, 6) is 1.21. The van der Waals surface area contributed by atoms with Crippen molar-refractivity contribution in [3.63, 3.8) is 0 Å². The molecule has 96 valence electrons. The van der Waals surface area contributed by atoms with Crippen LogP contribution in [0.15, 0.2) is 5.38 Å². The minimum absolute atomic E-state index is 0.257. The smallest absolute Gasteiger partial charge is 0.150 e. The van der Waals surface area contributed by atoms with Crippen LogP contribution in [0.2, 0.25) is 0 Å². The van der Waals surface area contributed by atoms with E-state index in [-0.39, 0.29) is 11.8 Å². The molecular formula is C11H18N2O2S2.